The summed E-state index contributed by atoms with van der Waals surface area (Å²) in [5.41, 5.74) is 2.56. The van der Waals surface area contributed by atoms with E-state index >= 15 is 0 Å². The van der Waals surface area contributed by atoms with Crippen LogP contribution in [0.3, 0.4) is 0 Å². The number of amides is 2. The molecule has 0 atom stereocenters. The van der Waals surface area contributed by atoms with Gasteiger partial charge in [-0.3, -0.25) is 9.59 Å². The van der Waals surface area contributed by atoms with E-state index in [1.54, 1.807) is 12.1 Å². The summed E-state index contributed by atoms with van der Waals surface area (Å²) in [6.07, 6.45) is 0. The van der Waals surface area contributed by atoms with Crippen molar-refractivity contribution in [1.29, 1.82) is 0 Å². The number of benzene rings is 1. The molecule has 0 aliphatic rings. The van der Waals surface area contributed by atoms with Gasteiger partial charge in [0.25, 0.3) is 5.91 Å². The third kappa shape index (κ3) is 7.27. The van der Waals surface area contributed by atoms with Crippen LogP contribution in [-0.2, 0) is 9.53 Å². The molecule has 0 heterocycles. The Morgan fingerprint density at radius 2 is 1.86 bits per heavy atom. The molecule has 0 saturated carbocycles. The highest BCUT2D eigenvalue weighted by Gasteiger charge is 2.07. The first-order chi connectivity index (χ1) is 9.99. The lowest BCUT2D eigenvalue weighted by Crippen LogP contribution is -2.38. The van der Waals surface area contributed by atoms with Crippen LogP contribution in [0.15, 0.2) is 36.4 Å². The highest BCUT2D eigenvalue weighted by atomic mass is 16.5. The lowest BCUT2D eigenvalue weighted by Gasteiger charge is -2.08. The third-order valence-electron chi connectivity index (χ3n) is 2.64. The number of carbonyl (C=O) groups excluding carboxylic acids is 2. The molecule has 0 unspecified atom stereocenters. The smallest absolute Gasteiger partial charge is 0.251 e. The van der Waals surface area contributed by atoms with Crippen LogP contribution in [0.5, 0.6) is 0 Å². The van der Waals surface area contributed by atoms with Crippen LogP contribution < -0.4 is 10.6 Å². The summed E-state index contributed by atoms with van der Waals surface area (Å²) in [5.74, 6) is -0.502. The molecule has 0 aliphatic heterocycles. The molecular formula is C16H22N2O3. The van der Waals surface area contributed by atoms with E-state index in [1.165, 1.54) is 0 Å². The highest BCUT2D eigenvalue weighted by molar-refractivity contribution is 5.96. The number of rotatable bonds is 8. The third-order valence-corrected chi connectivity index (χ3v) is 2.64. The second kappa shape index (κ2) is 8.92. The summed E-state index contributed by atoms with van der Waals surface area (Å²) in [6, 6.07) is 7.17. The van der Waals surface area contributed by atoms with E-state index in [2.05, 4.69) is 17.2 Å². The second-order valence-electron chi connectivity index (χ2n) is 4.91. The summed E-state index contributed by atoms with van der Waals surface area (Å²) < 4.78 is 5.25. The Hall–Kier alpha value is -2.14. The zero-order valence-corrected chi connectivity index (χ0v) is 12.6. The van der Waals surface area contributed by atoms with Crippen molar-refractivity contribution in [1.82, 2.24) is 10.6 Å². The lowest BCUT2D eigenvalue weighted by molar-refractivity contribution is -0.120. The summed E-state index contributed by atoms with van der Waals surface area (Å²) in [5, 5.41) is 5.24. The Bertz CT molecular complexity index is 495. The Morgan fingerprint density at radius 1 is 1.19 bits per heavy atom. The maximum absolute atomic E-state index is 11.8. The maximum Gasteiger partial charge on any atom is 0.251 e. The first kappa shape index (κ1) is 16.9. The minimum absolute atomic E-state index is 0.0484. The number of carbonyl (C=O) groups is 2. The van der Waals surface area contributed by atoms with E-state index < -0.39 is 0 Å². The van der Waals surface area contributed by atoms with Crippen LogP contribution in [0.25, 0.3) is 0 Å². The Balaban J connectivity index is 2.19. The van der Waals surface area contributed by atoms with Gasteiger partial charge in [-0.1, -0.05) is 29.8 Å². The van der Waals surface area contributed by atoms with Gasteiger partial charge < -0.3 is 15.4 Å². The highest BCUT2D eigenvalue weighted by Crippen LogP contribution is 2.02. The van der Waals surface area contributed by atoms with Crippen LogP contribution in [0.2, 0.25) is 0 Å². The van der Waals surface area contributed by atoms with Crippen LogP contribution in [0.1, 0.15) is 22.8 Å². The molecule has 0 bridgehead atoms. The van der Waals surface area contributed by atoms with Gasteiger partial charge in [-0.15, -0.1) is 0 Å². The lowest BCUT2D eigenvalue weighted by atomic mass is 10.1. The van der Waals surface area contributed by atoms with Crippen LogP contribution in [0.4, 0.5) is 0 Å². The fourth-order valence-electron chi connectivity index (χ4n) is 1.54. The molecule has 1 aromatic carbocycles. The molecule has 1 rings (SSSR count). The van der Waals surface area contributed by atoms with Crippen molar-refractivity contribution >= 4 is 11.8 Å². The number of nitrogens with one attached hydrogen (secondary N) is 2. The van der Waals surface area contributed by atoms with Crippen molar-refractivity contribution in [2.75, 3.05) is 26.3 Å². The van der Waals surface area contributed by atoms with Gasteiger partial charge in [-0.05, 0) is 26.0 Å². The minimum Gasteiger partial charge on any atom is -0.375 e. The molecule has 0 spiro atoms. The van der Waals surface area contributed by atoms with E-state index in [9.17, 15) is 9.59 Å². The van der Waals surface area contributed by atoms with Crippen molar-refractivity contribution < 1.29 is 14.3 Å². The second-order valence-corrected chi connectivity index (χ2v) is 4.91. The van der Waals surface area contributed by atoms with Crippen molar-refractivity contribution in [2.24, 2.45) is 0 Å². The molecule has 21 heavy (non-hydrogen) atoms. The fourth-order valence-corrected chi connectivity index (χ4v) is 1.54. The number of hydrogen-bond donors (Lipinski definition) is 2. The predicted molar refractivity (Wildman–Crippen MR) is 82.2 cm³/mol. The largest absolute Gasteiger partial charge is 0.375 e. The average Bonchev–Trinajstić information content (AvgIpc) is 2.44. The number of aryl methyl sites for hydroxylation is 1. The first-order valence-corrected chi connectivity index (χ1v) is 6.82. The van der Waals surface area contributed by atoms with E-state index in [0.29, 0.717) is 25.3 Å². The summed E-state index contributed by atoms with van der Waals surface area (Å²) in [4.78, 5) is 23.3. The van der Waals surface area contributed by atoms with Crippen molar-refractivity contribution in [3.05, 3.63) is 47.5 Å². The van der Waals surface area contributed by atoms with Gasteiger partial charge >= 0.3 is 0 Å². The standard InChI is InChI=1S/C16H22N2O3/c1-12(2)11-21-9-8-17-15(19)10-18-16(20)14-6-4-13(3)5-7-14/h4-7H,1,8-11H2,2-3H3,(H,17,19)(H,18,20). The van der Waals surface area contributed by atoms with Crippen LogP contribution in [0, 0.1) is 6.92 Å². The normalized spacial score (nSPS) is 10.0. The quantitative estimate of drug-likeness (QED) is 0.562. The van der Waals surface area contributed by atoms with Gasteiger partial charge in [-0.2, -0.15) is 0 Å². The minimum atomic E-state index is -0.260. The molecule has 5 heteroatoms. The van der Waals surface area contributed by atoms with Crippen molar-refractivity contribution in [3.8, 4) is 0 Å². The molecule has 0 aromatic heterocycles. The number of ether oxygens (including phenoxy) is 1. The van der Waals surface area contributed by atoms with Crippen LogP contribution in [-0.4, -0.2) is 38.1 Å². The van der Waals surface area contributed by atoms with Gasteiger partial charge in [0, 0.05) is 12.1 Å². The predicted octanol–water partition coefficient (Wildman–Crippen LogP) is 1.43. The SMILES string of the molecule is C=C(C)COCCNC(=O)CNC(=O)c1ccc(C)cc1. The zero-order valence-electron chi connectivity index (χ0n) is 12.6. The molecule has 0 radical (unpaired) electrons. The van der Waals surface area contributed by atoms with E-state index in [0.717, 1.165) is 11.1 Å². The molecule has 114 valence electrons. The van der Waals surface area contributed by atoms with Gasteiger partial charge in [0.05, 0.1) is 19.8 Å². The molecule has 0 saturated heterocycles. The summed E-state index contributed by atoms with van der Waals surface area (Å²) in [7, 11) is 0. The summed E-state index contributed by atoms with van der Waals surface area (Å²) >= 11 is 0. The Labute approximate surface area is 125 Å². The van der Waals surface area contributed by atoms with Gasteiger partial charge in [0.15, 0.2) is 0 Å². The monoisotopic (exact) mass is 290 g/mol. The molecule has 1 aromatic rings. The van der Waals surface area contributed by atoms with Gasteiger partial charge in [0.1, 0.15) is 0 Å². The Morgan fingerprint density at radius 3 is 2.48 bits per heavy atom. The van der Waals surface area contributed by atoms with Gasteiger partial charge in [0.2, 0.25) is 5.91 Å². The van der Waals surface area contributed by atoms with E-state index in [4.69, 9.17) is 4.74 Å². The molecule has 0 aliphatic carbocycles. The van der Waals surface area contributed by atoms with E-state index in [-0.39, 0.29) is 18.4 Å². The molecular weight excluding hydrogens is 268 g/mol. The Kier molecular flexibility index (Phi) is 7.18. The van der Waals surface area contributed by atoms with Gasteiger partial charge in [-0.25, -0.2) is 0 Å². The number of hydrogen-bond acceptors (Lipinski definition) is 3. The molecule has 2 amide bonds. The molecule has 2 N–H and O–H groups in total. The topological polar surface area (TPSA) is 67.4 Å². The molecule has 0 fully saturated rings. The van der Waals surface area contributed by atoms with Crippen molar-refractivity contribution in [2.45, 2.75) is 13.8 Å². The van der Waals surface area contributed by atoms with Crippen molar-refractivity contribution in [3.63, 3.8) is 0 Å². The fraction of sp³-hybridized carbons (Fsp3) is 0.375. The van der Waals surface area contributed by atoms with Crippen LogP contribution >= 0.6 is 0 Å². The molecule has 5 nitrogen and oxygen atoms in total. The zero-order chi connectivity index (χ0) is 15.7. The summed E-state index contributed by atoms with van der Waals surface area (Å²) in [6.45, 7) is 8.80. The maximum atomic E-state index is 11.8. The van der Waals surface area contributed by atoms with E-state index in [1.807, 2.05) is 26.0 Å². The first-order valence-electron chi connectivity index (χ1n) is 6.82. The average molecular weight is 290 g/mol.